The SMILES string of the molecule is Nc1ccc(NC(=O)C=Cc2cc(O)ccc2N)cc1. The van der Waals surface area contributed by atoms with E-state index < -0.39 is 0 Å². The molecule has 5 nitrogen and oxygen atoms in total. The lowest BCUT2D eigenvalue weighted by Crippen LogP contribution is -2.07. The highest BCUT2D eigenvalue weighted by Gasteiger charge is 2.00. The summed E-state index contributed by atoms with van der Waals surface area (Å²) in [4.78, 5) is 11.7. The first-order chi connectivity index (χ1) is 9.54. The van der Waals surface area contributed by atoms with Crippen molar-refractivity contribution in [1.29, 1.82) is 0 Å². The third-order valence-corrected chi connectivity index (χ3v) is 2.66. The molecule has 2 aromatic carbocycles. The van der Waals surface area contributed by atoms with Gasteiger partial charge in [0.2, 0.25) is 5.91 Å². The van der Waals surface area contributed by atoms with E-state index >= 15 is 0 Å². The number of phenolic OH excluding ortho intramolecular Hbond substituents is 1. The van der Waals surface area contributed by atoms with Gasteiger partial charge in [0.25, 0.3) is 0 Å². The van der Waals surface area contributed by atoms with Gasteiger partial charge in [-0.15, -0.1) is 0 Å². The summed E-state index contributed by atoms with van der Waals surface area (Å²) in [5.41, 5.74) is 13.6. The van der Waals surface area contributed by atoms with Gasteiger partial charge in [-0.1, -0.05) is 0 Å². The number of benzene rings is 2. The Labute approximate surface area is 116 Å². The second-order valence-corrected chi connectivity index (χ2v) is 4.26. The van der Waals surface area contributed by atoms with Crippen LogP contribution >= 0.6 is 0 Å². The molecule has 0 heterocycles. The van der Waals surface area contributed by atoms with Gasteiger partial charge < -0.3 is 21.9 Å². The molecule has 0 spiro atoms. The van der Waals surface area contributed by atoms with E-state index in [-0.39, 0.29) is 11.7 Å². The van der Waals surface area contributed by atoms with Crippen LogP contribution < -0.4 is 16.8 Å². The summed E-state index contributed by atoms with van der Waals surface area (Å²) in [5, 5.41) is 12.1. The molecule has 0 aromatic heterocycles. The largest absolute Gasteiger partial charge is 0.508 e. The van der Waals surface area contributed by atoms with Gasteiger partial charge in [0.15, 0.2) is 0 Å². The smallest absolute Gasteiger partial charge is 0.248 e. The fourth-order valence-electron chi connectivity index (χ4n) is 1.62. The summed E-state index contributed by atoms with van der Waals surface area (Å²) in [6, 6.07) is 11.4. The average Bonchev–Trinajstić information content (AvgIpc) is 2.42. The predicted octanol–water partition coefficient (Wildman–Crippen LogP) is 2.21. The van der Waals surface area contributed by atoms with Crippen LogP contribution in [0.15, 0.2) is 48.5 Å². The molecule has 0 aliphatic carbocycles. The summed E-state index contributed by atoms with van der Waals surface area (Å²) in [7, 11) is 0. The van der Waals surface area contributed by atoms with Crippen LogP contribution in [0.3, 0.4) is 0 Å². The standard InChI is InChI=1S/C15H15N3O2/c16-11-2-4-12(5-3-11)18-15(20)8-1-10-9-13(19)6-7-14(10)17/h1-9,19H,16-17H2,(H,18,20). The van der Waals surface area contributed by atoms with Gasteiger partial charge in [-0.3, -0.25) is 4.79 Å². The van der Waals surface area contributed by atoms with Crippen LogP contribution in [0.1, 0.15) is 5.56 Å². The van der Waals surface area contributed by atoms with Crippen LogP contribution in [-0.4, -0.2) is 11.0 Å². The maximum absolute atomic E-state index is 11.7. The molecule has 0 radical (unpaired) electrons. The predicted molar refractivity (Wildman–Crippen MR) is 81.0 cm³/mol. The number of hydrogen-bond donors (Lipinski definition) is 4. The summed E-state index contributed by atoms with van der Waals surface area (Å²) < 4.78 is 0. The van der Waals surface area contributed by atoms with E-state index in [1.165, 1.54) is 18.2 Å². The molecule has 0 bridgehead atoms. The lowest BCUT2D eigenvalue weighted by atomic mass is 10.1. The summed E-state index contributed by atoms with van der Waals surface area (Å²) in [5.74, 6) is -0.199. The van der Waals surface area contributed by atoms with Crippen LogP contribution in [0.5, 0.6) is 5.75 Å². The molecular weight excluding hydrogens is 254 g/mol. The van der Waals surface area contributed by atoms with Gasteiger partial charge in [-0.2, -0.15) is 0 Å². The molecule has 2 aromatic rings. The molecule has 20 heavy (non-hydrogen) atoms. The molecule has 0 aliphatic rings. The Morgan fingerprint density at radius 2 is 1.80 bits per heavy atom. The monoisotopic (exact) mass is 269 g/mol. The number of aromatic hydroxyl groups is 1. The Kier molecular flexibility index (Phi) is 3.91. The van der Waals surface area contributed by atoms with Gasteiger partial charge in [-0.05, 0) is 48.5 Å². The molecule has 102 valence electrons. The third kappa shape index (κ3) is 3.52. The Hall–Kier alpha value is -2.95. The zero-order valence-corrected chi connectivity index (χ0v) is 10.7. The normalized spacial score (nSPS) is 10.6. The van der Waals surface area contributed by atoms with E-state index in [0.717, 1.165) is 0 Å². The first kappa shape index (κ1) is 13.5. The molecule has 6 N–H and O–H groups in total. The summed E-state index contributed by atoms with van der Waals surface area (Å²) in [6.45, 7) is 0. The second-order valence-electron chi connectivity index (χ2n) is 4.26. The summed E-state index contributed by atoms with van der Waals surface area (Å²) >= 11 is 0. The van der Waals surface area contributed by atoms with E-state index in [1.54, 1.807) is 36.4 Å². The van der Waals surface area contributed by atoms with Crippen molar-refractivity contribution < 1.29 is 9.90 Å². The number of carbonyl (C=O) groups excluding carboxylic acids is 1. The van der Waals surface area contributed by atoms with Crippen LogP contribution in [0, 0.1) is 0 Å². The van der Waals surface area contributed by atoms with Crippen LogP contribution in [0.25, 0.3) is 6.08 Å². The van der Waals surface area contributed by atoms with Crippen molar-refractivity contribution in [2.45, 2.75) is 0 Å². The molecule has 0 aliphatic heterocycles. The fraction of sp³-hybridized carbons (Fsp3) is 0. The molecule has 1 amide bonds. The van der Waals surface area contributed by atoms with E-state index in [9.17, 15) is 9.90 Å². The molecule has 0 saturated heterocycles. The molecule has 5 heteroatoms. The van der Waals surface area contributed by atoms with Crippen molar-refractivity contribution in [3.63, 3.8) is 0 Å². The minimum absolute atomic E-state index is 0.0952. The highest BCUT2D eigenvalue weighted by atomic mass is 16.3. The van der Waals surface area contributed by atoms with Crippen LogP contribution in [0.2, 0.25) is 0 Å². The van der Waals surface area contributed by atoms with Crippen molar-refractivity contribution in [3.8, 4) is 5.75 Å². The highest BCUT2D eigenvalue weighted by Crippen LogP contribution is 2.19. The Morgan fingerprint density at radius 3 is 2.50 bits per heavy atom. The molecule has 0 fully saturated rings. The maximum Gasteiger partial charge on any atom is 0.248 e. The first-order valence-corrected chi connectivity index (χ1v) is 5.98. The number of anilines is 3. The van der Waals surface area contributed by atoms with E-state index in [0.29, 0.717) is 22.6 Å². The number of nitrogen functional groups attached to an aromatic ring is 2. The van der Waals surface area contributed by atoms with Crippen molar-refractivity contribution in [1.82, 2.24) is 0 Å². The highest BCUT2D eigenvalue weighted by molar-refractivity contribution is 6.02. The number of phenols is 1. The van der Waals surface area contributed by atoms with E-state index in [1.807, 2.05) is 0 Å². The zero-order chi connectivity index (χ0) is 14.5. The van der Waals surface area contributed by atoms with Crippen molar-refractivity contribution >= 4 is 29.0 Å². The quantitative estimate of drug-likeness (QED) is 0.390. The van der Waals surface area contributed by atoms with E-state index in [2.05, 4.69) is 5.32 Å². The second kappa shape index (κ2) is 5.79. The number of amides is 1. The Balaban J connectivity index is 2.05. The number of carbonyl (C=O) groups is 1. The topological polar surface area (TPSA) is 101 Å². The zero-order valence-electron chi connectivity index (χ0n) is 10.7. The molecule has 2 rings (SSSR count). The molecule has 0 saturated carbocycles. The van der Waals surface area contributed by atoms with Crippen molar-refractivity contribution in [2.75, 3.05) is 16.8 Å². The molecule has 0 atom stereocenters. The van der Waals surface area contributed by atoms with Crippen molar-refractivity contribution in [3.05, 3.63) is 54.1 Å². The average molecular weight is 269 g/mol. The molecule has 0 unspecified atom stereocenters. The first-order valence-electron chi connectivity index (χ1n) is 5.98. The van der Waals surface area contributed by atoms with Gasteiger partial charge >= 0.3 is 0 Å². The Morgan fingerprint density at radius 1 is 1.10 bits per heavy atom. The van der Waals surface area contributed by atoms with Gasteiger partial charge in [0, 0.05) is 28.7 Å². The van der Waals surface area contributed by atoms with Gasteiger partial charge in [0.1, 0.15) is 5.75 Å². The van der Waals surface area contributed by atoms with Gasteiger partial charge in [0.05, 0.1) is 0 Å². The van der Waals surface area contributed by atoms with Crippen LogP contribution in [-0.2, 0) is 4.79 Å². The van der Waals surface area contributed by atoms with Gasteiger partial charge in [-0.25, -0.2) is 0 Å². The number of nitrogens with two attached hydrogens (primary N) is 2. The lowest BCUT2D eigenvalue weighted by molar-refractivity contribution is -0.111. The lowest BCUT2D eigenvalue weighted by Gasteiger charge is -2.03. The maximum atomic E-state index is 11.7. The minimum Gasteiger partial charge on any atom is -0.508 e. The van der Waals surface area contributed by atoms with Crippen molar-refractivity contribution in [2.24, 2.45) is 0 Å². The number of hydrogen-bond acceptors (Lipinski definition) is 4. The van der Waals surface area contributed by atoms with E-state index in [4.69, 9.17) is 11.5 Å². The summed E-state index contributed by atoms with van der Waals surface area (Å²) in [6.07, 6.45) is 2.89. The molecular formula is C15H15N3O2. The Bertz CT molecular complexity index is 649. The van der Waals surface area contributed by atoms with Crippen LogP contribution in [0.4, 0.5) is 17.1 Å². The number of nitrogens with one attached hydrogen (secondary N) is 1. The number of rotatable bonds is 3. The minimum atomic E-state index is -0.294. The fourth-order valence-corrected chi connectivity index (χ4v) is 1.62. The third-order valence-electron chi connectivity index (χ3n) is 2.66.